The molecule has 0 bridgehead atoms. The Morgan fingerprint density at radius 3 is 2.89 bits per heavy atom. The van der Waals surface area contributed by atoms with Crippen molar-refractivity contribution >= 4 is 0 Å². The Morgan fingerprint density at radius 1 is 1.28 bits per heavy atom. The fourth-order valence-corrected chi connectivity index (χ4v) is 2.70. The second kappa shape index (κ2) is 4.58. The second-order valence-corrected chi connectivity index (χ2v) is 5.00. The number of halogens is 1. The standard InChI is InChI=1S/C15H17FN2/c16-14-6-2-1-4-12(14)9-18-8-11-5-3-7-15(17)13(11)10-18/h1-2,4,6,8,10,15H,3,5,7,9,17H2. The zero-order valence-electron chi connectivity index (χ0n) is 10.3. The van der Waals surface area contributed by atoms with Gasteiger partial charge in [0.1, 0.15) is 5.82 Å². The van der Waals surface area contributed by atoms with Gasteiger partial charge < -0.3 is 10.3 Å². The minimum absolute atomic E-state index is 0.145. The third-order valence-electron chi connectivity index (χ3n) is 3.67. The Hall–Kier alpha value is -1.61. The van der Waals surface area contributed by atoms with Crippen LogP contribution >= 0.6 is 0 Å². The molecule has 1 aromatic heterocycles. The molecule has 0 saturated heterocycles. The monoisotopic (exact) mass is 244 g/mol. The van der Waals surface area contributed by atoms with Gasteiger partial charge in [-0.3, -0.25) is 0 Å². The molecule has 0 aliphatic heterocycles. The van der Waals surface area contributed by atoms with E-state index in [-0.39, 0.29) is 11.9 Å². The number of hydrogen-bond acceptors (Lipinski definition) is 1. The molecule has 0 radical (unpaired) electrons. The highest BCUT2D eigenvalue weighted by atomic mass is 19.1. The summed E-state index contributed by atoms with van der Waals surface area (Å²) in [6.45, 7) is 0.576. The molecule has 1 aliphatic rings. The summed E-state index contributed by atoms with van der Waals surface area (Å²) in [5, 5.41) is 0. The fraction of sp³-hybridized carbons (Fsp3) is 0.333. The molecule has 3 heteroatoms. The van der Waals surface area contributed by atoms with Crippen molar-refractivity contribution in [3.8, 4) is 0 Å². The number of nitrogens with two attached hydrogens (primary N) is 1. The molecule has 94 valence electrons. The van der Waals surface area contributed by atoms with Gasteiger partial charge in [0.2, 0.25) is 0 Å². The number of hydrogen-bond donors (Lipinski definition) is 1. The molecule has 18 heavy (non-hydrogen) atoms. The average Bonchev–Trinajstić information content (AvgIpc) is 2.76. The molecule has 1 heterocycles. The molecule has 2 N–H and O–H groups in total. The van der Waals surface area contributed by atoms with Crippen molar-refractivity contribution in [2.24, 2.45) is 5.73 Å². The summed E-state index contributed by atoms with van der Waals surface area (Å²) in [4.78, 5) is 0. The molecule has 0 amide bonds. The van der Waals surface area contributed by atoms with Crippen LogP contribution in [0.4, 0.5) is 4.39 Å². The lowest BCUT2D eigenvalue weighted by atomic mass is 9.92. The zero-order chi connectivity index (χ0) is 12.5. The Labute approximate surface area is 106 Å². The van der Waals surface area contributed by atoms with E-state index < -0.39 is 0 Å². The molecule has 0 saturated carbocycles. The maximum atomic E-state index is 13.6. The molecular weight excluding hydrogens is 227 g/mol. The minimum Gasteiger partial charge on any atom is -0.349 e. The van der Waals surface area contributed by atoms with Crippen LogP contribution in [-0.4, -0.2) is 4.57 Å². The smallest absolute Gasteiger partial charge is 0.128 e. The Kier molecular flexibility index (Phi) is 2.92. The molecule has 2 aromatic rings. The summed E-state index contributed by atoms with van der Waals surface area (Å²) >= 11 is 0. The normalized spacial score (nSPS) is 18.7. The SMILES string of the molecule is NC1CCCc2cn(Cc3ccccc3F)cc21. The fourth-order valence-electron chi connectivity index (χ4n) is 2.70. The maximum Gasteiger partial charge on any atom is 0.128 e. The van der Waals surface area contributed by atoms with Gasteiger partial charge in [0.15, 0.2) is 0 Å². The van der Waals surface area contributed by atoms with Crippen LogP contribution in [0.1, 0.15) is 35.6 Å². The van der Waals surface area contributed by atoms with E-state index in [9.17, 15) is 4.39 Å². The van der Waals surface area contributed by atoms with Crippen LogP contribution < -0.4 is 5.73 Å². The lowest BCUT2D eigenvalue weighted by Gasteiger charge is -2.17. The van der Waals surface area contributed by atoms with Gasteiger partial charge in [-0.15, -0.1) is 0 Å². The number of benzene rings is 1. The predicted molar refractivity (Wildman–Crippen MR) is 69.8 cm³/mol. The summed E-state index contributed by atoms with van der Waals surface area (Å²) in [5.74, 6) is -0.145. The zero-order valence-corrected chi connectivity index (χ0v) is 10.3. The molecule has 3 rings (SSSR count). The van der Waals surface area contributed by atoms with E-state index in [4.69, 9.17) is 5.73 Å². The number of aryl methyl sites for hydroxylation is 1. The first kappa shape index (κ1) is 11.5. The quantitative estimate of drug-likeness (QED) is 0.865. The van der Waals surface area contributed by atoms with E-state index in [1.165, 1.54) is 17.2 Å². The first-order valence-corrected chi connectivity index (χ1v) is 6.41. The highest BCUT2D eigenvalue weighted by molar-refractivity contribution is 5.31. The van der Waals surface area contributed by atoms with E-state index in [1.54, 1.807) is 6.07 Å². The Balaban J connectivity index is 1.88. The molecule has 0 fully saturated rings. The van der Waals surface area contributed by atoms with Crippen molar-refractivity contribution in [2.75, 3.05) is 0 Å². The highest BCUT2D eigenvalue weighted by Gasteiger charge is 2.18. The first-order chi connectivity index (χ1) is 8.74. The molecule has 2 nitrogen and oxygen atoms in total. The van der Waals surface area contributed by atoms with Crippen LogP contribution in [0, 0.1) is 5.82 Å². The molecule has 1 atom stereocenters. The summed E-state index contributed by atoms with van der Waals surface area (Å²) in [6.07, 6.45) is 7.48. The van der Waals surface area contributed by atoms with Crippen LogP contribution in [-0.2, 0) is 13.0 Å². The van der Waals surface area contributed by atoms with Crippen molar-refractivity contribution in [3.63, 3.8) is 0 Å². The highest BCUT2D eigenvalue weighted by Crippen LogP contribution is 2.28. The van der Waals surface area contributed by atoms with E-state index in [0.29, 0.717) is 6.54 Å². The molecule has 1 aromatic carbocycles. The molecular formula is C15H17FN2. The second-order valence-electron chi connectivity index (χ2n) is 5.00. The van der Waals surface area contributed by atoms with Gasteiger partial charge in [0.05, 0.1) is 0 Å². The minimum atomic E-state index is -0.145. The van der Waals surface area contributed by atoms with Crippen molar-refractivity contribution in [1.82, 2.24) is 4.57 Å². The maximum absolute atomic E-state index is 13.6. The molecule has 1 aliphatic carbocycles. The predicted octanol–water partition coefficient (Wildman–Crippen LogP) is 3.01. The van der Waals surface area contributed by atoms with Gasteiger partial charge in [0.25, 0.3) is 0 Å². The van der Waals surface area contributed by atoms with Crippen LogP contribution in [0.15, 0.2) is 36.7 Å². The lowest BCUT2D eigenvalue weighted by molar-refractivity contribution is 0.573. The number of aromatic nitrogens is 1. The van der Waals surface area contributed by atoms with Gasteiger partial charge in [-0.25, -0.2) is 4.39 Å². The number of nitrogens with zero attached hydrogens (tertiary/aromatic N) is 1. The van der Waals surface area contributed by atoms with Crippen molar-refractivity contribution in [3.05, 3.63) is 59.2 Å². The van der Waals surface area contributed by atoms with Gasteiger partial charge in [-0.05, 0) is 36.5 Å². The van der Waals surface area contributed by atoms with Gasteiger partial charge >= 0.3 is 0 Å². The first-order valence-electron chi connectivity index (χ1n) is 6.41. The van der Waals surface area contributed by atoms with E-state index in [1.807, 2.05) is 16.7 Å². The topological polar surface area (TPSA) is 30.9 Å². The summed E-state index contributed by atoms with van der Waals surface area (Å²) in [6, 6.07) is 7.07. The third kappa shape index (κ3) is 2.06. The summed E-state index contributed by atoms with van der Waals surface area (Å²) in [7, 11) is 0. The van der Waals surface area contributed by atoms with Crippen LogP contribution in [0.2, 0.25) is 0 Å². The van der Waals surface area contributed by atoms with Crippen molar-refractivity contribution in [1.29, 1.82) is 0 Å². The van der Waals surface area contributed by atoms with Crippen molar-refractivity contribution < 1.29 is 4.39 Å². The largest absolute Gasteiger partial charge is 0.349 e. The van der Waals surface area contributed by atoms with Crippen LogP contribution in [0.5, 0.6) is 0 Å². The summed E-state index contributed by atoms with van der Waals surface area (Å²) in [5.41, 5.74) is 9.37. The molecule has 1 unspecified atom stereocenters. The van der Waals surface area contributed by atoms with E-state index in [2.05, 4.69) is 12.4 Å². The third-order valence-corrected chi connectivity index (χ3v) is 3.67. The summed E-state index contributed by atoms with van der Waals surface area (Å²) < 4.78 is 15.6. The van der Waals surface area contributed by atoms with Gasteiger partial charge in [-0.1, -0.05) is 18.2 Å². The lowest BCUT2D eigenvalue weighted by Crippen LogP contribution is -2.15. The number of fused-ring (bicyclic) bond motifs is 1. The Morgan fingerprint density at radius 2 is 2.11 bits per heavy atom. The van der Waals surface area contributed by atoms with Crippen LogP contribution in [0.3, 0.4) is 0 Å². The number of rotatable bonds is 2. The van der Waals surface area contributed by atoms with E-state index >= 15 is 0 Å². The van der Waals surface area contributed by atoms with E-state index in [0.717, 1.165) is 24.8 Å². The Bertz CT molecular complexity index is 559. The molecule has 0 spiro atoms. The average molecular weight is 244 g/mol. The van der Waals surface area contributed by atoms with Gasteiger partial charge in [-0.2, -0.15) is 0 Å². The van der Waals surface area contributed by atoms with Crippen LogP contribution in [0.25, 0.3) is 0 Å². The van der Waals surface area contributed by atoms with Crippen molar-refractivity contribution in [2.45, 2.75) is 31.8 Å². The van der Waals surface area contributed by atoms with Gasteiger partial charge in [0, 0.05) is 30.5 Å².